The summed E-state index contributed by atoms with van der Waals surface area (Å²) in [5, 5.41) is 6.55. The predicted octanol–water partition coefficient (Wildman–Crippen LogP) is 2.94. The van der Waals surface area contributed by atoms with Gasteiger partial charge in [0.25, 0.3) is 0 Å². The molecule has 24 heavy (non-hydrogen) atoms. The van der Waals surface area contributed by atoms with Gasteiger partial charge in [-0.2, -0.15) is 11.8 Å². The number of nitrogens with zero attached hydrogens (tertiary/aromatic N) is 2. The molecule has 1 aliphatic rings. The minimum atomic E-state index is -0.0698. The van der Waals surface area contributed by atoms with Gasteiger partial charge in [0.15, 0.2) is 5.82 Å². The van der Waals surface area contributed by atoms with Gasteiger partial charge in [0, 0.05) is 25.1 Å². The molecule has 0 aromatic carbocycles. The monoisotopic (exact) mass is 353 g/mol. The van der Waals surface area contributed by atoms with Crippen LogP contribution in [0.1, 0.15) is 38.9 Å². The Labute approximate surface area is 147 Å². The van der Waals surface area contributed by atoms with Crippen LogP contribution in [0.4, 0.5) is 5.82 Å². The van der Waals surface area contributed by atoms with E-state index in [1.54, 1.807) is 24.8 Å². The van der Waals surface area contributed by atoms with Gasteiger partial charge < -0.3 is 14.7 Å². The maximum absolute atomic E-state index is 12.2. The van der Waals surface area contributed by atoms with Gasteiger partial charge in [-0.1, -0.05) is 19.0 Å². The Morgan fingerprint density at radius 1 is 1.42 bits per heavy atom. The molecule has 134 valence electrons. The summed E-state index contributed by atoms with van der Waals surface area (Å²) in [7, 11) is 0. The van der Waals surface area contributed by atoms with Crippen molar-refractivity contribution in [1.29, 1.82) is 0 Å². The molecule has 0 unspecified atom stereocenters. The number of rotatable bonds is 7. The highest BCUT2D eigenvalue weighted by molar-refractivity contribution is 7.99. The number of piperidine rings is 1. The smallest absolute Gasteiger partial charge is 0.232 e. The largest absolute Gasteiger partial charge is 0.360 e. The van der Waals surface area contributed by atoms with E-state index in [9.17, 15) is 9.59 Å². The molecule has 1 fully saturated rings. The maximum Gasteiger partial charge on any atom is 0.232 e. The molecule has 6 nitrogen and oxygen atoms in total. The van der Waals surface area contributed by atoms with Gasteiger partial charge in [-0.15, -0.1) is 0 Å². The summed E-state index contributed by atoms with van der Waals surface area (Å²) in [6, 6.07) is 1.70. The lowest BCUT2D eigenvalue weighted by Gasteiger charge is -2.31. The first-order valence-corrected chi connectivity index (χ1v) is 9.71. The van der Waals surface area contributed by atoms with Crippen molar-refractivity contribution in [3.05, 3.63) is 11.8 Å². The Balaban J connectivity index is 1.68. The lowest BCUT2D eigenvalue weighted by molar-refractivity contribution is -0.132. The average Bonchev–Trinajstić information content (AvgIpc) is 2.96. The SMILES string of the molecule is Cc1cc(NC(=O)C2CCN(C(=O)CSCCC(C)C)CC2)no1. The Bertz CT molecular complexity index is 551. The standard InChI is InChI=1S/C17H27N3O3S/c1-12(2)6-9-24-11-16(21)20-7-4-14(5-8-20)17(22)18-15-10-13(3)23-19-15/h10,12,14H,4-9,11H2,1-3H3,(H,18,19,22). The third-order valence-electron chi connectivity index (χ3n) is 4.16. The molecule has 0 saturated carbocycles. The van der Waals surface area contributed by atoms with Crippen molar-refractivity contribution in [2.24, 2.45) is 11.8 Å². The quantitative estimate of drug-likeness (QED) is 0.763. The van der Waals surface area contributed by atoms with E-state index in [2.05, 4.69) is 24.3 Å². The van der Waals surface area contributed by atoms with E-state index in [0.717, 1.165) is 12.2 Å². The number of amides is 2. The Hall–Kier alpha value is -1.50. The molecule has 1 aromatic rings. The molecule has 1 N–H and O–H groups in total. The predicted molar refractivity (Wildman–Crippen MR) is 96.0 cm³/mol. The second-order valence-corrected chi connectivity index (χ2v) is 7.81. The van der Waals surface area contributed by atoms with Crippen LogP contribution in [0.3, 0.4) is 0 Å². The second kappa shape index (κ2) is 9.11. The third-order valence-corrected chi connectivity index (χ3v) is 5.14. The molecule has 1 saturated heterocycles. The third kappa shape index (κ3) is 5.85. The van der Waals surface area contributed by atoms with Gasteiger partial charge in [-0.05, 0) is 37.9 Å². The Morgan fingerprint density at radius 3 is 2.71 bits per heavy atom. The van der Waals surface area contributed by atoms with E-state index in [0.29, 0.717) is 49.2 Å². The van der Waals surface area contributed by atoms with Crippen molar-refractivity contribution >= 4 is 29.4 Å². The highest BCUT2D eigenvalue weighted by atomic mass is 32.2. The van der Waals surface area contributed by atoms with Crippen LogP contribution in [0.25, 0.3) is 0 Å². The molecule has 2 amide bonds. The van der Waals surface area contributed by atoms with E-state index in [1.165, 1.54) is 0 Å². The molecule has 7 heteroatoms. The molecular weight excluding hydrogens is 326 g/mol. The lowest BCUT2D eigenvalue weighted by Crippen LogP contribution is -2.42. The molecule has 0 radical (unpaired) electrons. The van der Waals surface area contributed by atoms with Crippen molar-refractivity contribution in [2.75, 3.05) is 29.9 Å². The number of thioether (sulfide) groups is 1. The molecule has 0 spiro atoms. The van der Waals surface area contributed by atoms with Crippen LogP contribution in [0.2, 0.25) is 0 Å². The van der Waals surface area contributed by atoms with Gasteiger partial charge >= 0.3 is 0 Å². The molecule has 1 aromatic heterocycles. The summed E-state index contributed by atoms with van der Waals surface area (Å²) in [4.78, 5) is 26.3. The molecule has 0 atom stereocenters. The van der Waals surface area contributed by atoms with Gasteiger partial charge in [-0.25, -0.2) is 0 Å². The molecule has 2 rings (SSSR count). The number of anilines is 1. The van der Waals surface area contributed by atoms with Crippen LogP contribution in [-0.4, -0.2) is 46.5 Å². The van der Waals surface area contributed by atoms with E-state index >= 15 is 0 Å². The van der Waals surface area contributed by atoms with Crippen LogP contribution < -0.4 is 5.32 Å². The number of hydrogen-bond donors (Lipinski definition) is 1. The number of likely N-dealkylation sites (tertiary alicyclic amines) is 1. The summed E-state index contributed by atoms with van der Waals surface area (Å²) in [5.74, 6) is 3.45. The highest BCUT2D eigenvalue weighted by Gasteiger charge is 2.27. The number of hydrogen-bond acceptors (Lipinski definition) is 5. The summed E-state index contributed by atoms with van der Waals surface area (Å²) in [5.41, 5.74) is 0. The highest BCUT2D eigenvalue weighted by Crippen LogP contribution is 2.20. The summed E-state index contributed by atoms with van der Waals surface area (Å²) in [6.07, 6.45) is 2.54. The number of aromatic nitrogens is 1. The second-order valence-electron chi connectivity index (χ2n) is 6.70. The zero-order chi connectivity index (χ0) is 17.5. The molecule has 0 bridgehead atoms. The van der Waals surface area contributed by atoms with Crippen molar-refractivity contribution in [3.63, 3.8) is 0 Å². The number of carbonyl (C=O) groups is 2. The number of nitrogens with one attached hydrogen (secondary N) is 1. The van der Waals surface area contributed by atoms with Crippen LogP contribution >= 0.6 is 11.8 Å². The number of aryl methyl sites for hydroxylation is 1. The van der Waals surface area contributed by atoms with Gasteiger partial charge in [0.2, 0.25) is 11.8 Å². The first kappa shape index (κ1) is 18.8. The van der Waals surface area contributed by atoms with Gasteiger partial charge in [-0.3, -0.25) is 9.59 Å². The minimum absolute atomic E-state index is 0.0401. The first-order chi connectivity index (χ1) is 11.5. The maximum atomic E-state index is 12.2. The van der Waals surface area contributed by atoms with Crippen LogP contribution in [0, 0.1) is 18.8 Å². The summed E-state index contributed by atoms with van der Waals surface area (Å²) >= 11 is 1.71. The normalized spacial score (nSPS) is 15.8. The van der Waals surface area contributed by atoms with Crippen molar-refractivity contribution in [2.45, 2.75) is 40.0 Å². The van der Waals surface area contributed by atoms with Crippen LogP contribution in [0.15, 0.2) is 10.6 Å². The van der Waals surface area contributed by atoms with Crippen molar-refractivity contribution in [1.82, 2.24) is 10.1 Å². The Kier molecular flexibility index (Phi) is 7.15. The summed E-state index contributed by atoms with van der Waals surface area (Å²) in [6.45, 7) is 7.47. The van der Waals surface area contributed by atoms with Crippen LogP contribution in [0.5, 0.6) is 0 Å². The molecule has 1 aliphatic heterocycles. The van der Waals surface area contributed by atoms with E-state index in [1.807, 2.05) is 4.90 Å². The number of carbonyl (C=O) groups excluding carboxylic acids is 2. The molecule has 0 aliphatic carbocycles. The summed E-state index contributed by atoms with van der Waals surface area (Å²) < 4.78 is 4.94. The van der Waals surface area contributed by atoms with E-state index < -0.39 is 0 Å². The lowest BCUT2D eigenvalue weighted by atomic mass is 9.96. The van der Waals surface area contributed by atoms with E-state index in [4.69, 9.17) is 4.52 Å². The zero-order valence-electron chi connectivity index (χ0n) is 14.7. The van der Waals surface area contributed by atoms with E-state index in [-0.39, 0.29) is 17.7 Å². The zero-order valence-corrected chi connectivity index (χ0v) is 15.5. The fourth-order valence-corrected chi connectivity index (χ4v) is 3.75. The molecule has 2 heterocycles. The van der Waals surface area contributed by atoms with Gasteiger partial charge in [0.05, 0.1) is 5.75 Å². The molecular formula is C17H27N3O3S. The topological polar surface area (TPSA) is 75.4 Å². The minimum Gasteiger partial charge on any atom is -0.360 e. The van der Waals surface area contributed by atoms with Gasteiger partial charge in [0.1, 0.15) is 5.76 Å². The van der Waals surface area contributed by atoms with Crippen molar-refractivity contribution < 1.29 is 14.1 Å². The average molecular weight is 353 g/mol. The fraction of sp³-hybridized carbons (Fsp3) is 0.706. The van der Waals surface area contributed by atoms with Crippen molar-refractivity contribution in [3.8, 4) is 0 Å². The fourth-order valence-electron chi connectivity index (χ4n) is 2.61. The van der Waals surface area contributed by atoms with Crippen LogP contribution in [-0.2, 0) is 9.59 Å². The first-order valence-electron chi connectivity index (χ1n) is 8.55. The Morgan fingerprint density at radius 2 is 2.12 bits per heavy atom.